The molecule has 0 spiro atoms. The van der Waals surface area contributed by atoms with Gasteiger partial charge >= 0.3 is 0 Å². The van der Waals surface area contributed by atoms with Crippen molar-refractivity contribution in [2.24, 2.45) is 0 Å². The number of sulfonamides is 1. The number of nitrogens with zero attached hydrogens (tertiary/aromatic N) is 2. The molecule has 1 aromatic heterocycles. The smallest absolute Gasteiger partial charge is 0.260 e. The van der Waals surface area contributed by atoms with E-state index in [0.717, 1.165) is 12.8 Å². The van der Waals surface area contributed by atoms with Crippen molar-refractivity contribution in [1.29, 1.82) is 0 Å². The Balaban J connectivity index is 2.25. The van der Waals surface area contributed by atoms with Crippen LogP contribution in [0.15, 0.2) is 11.2 Å². The lowest BCUT2D eigenvalue weighted by Crippen LogP contribution is -2.43. The molecule has 2 heterocycles. The highest BCUT2D eigenvalue weighted by molar-refractivity contribution is 7.89. The van der Waals surface area contributed by atoms with Crippen LogP contribution in [0.4, 0.5) is 0 Å². The molecular weight excluding hydrogens is 278 g/mol. The molecule has 1 saturated heterocycles. The first-order valence-corrected chi connectivity index (χ1v) is 7.68. The Morgan fingerprint density at radius 3 is 3.11 bits per heavy atom. The minimum Gasteiger partial charge on any atom is -0.380 e. The molecule has 0 radical (unpaired) electrons. The molecule has 102 valence electrons. The number of nitrogens with one attached hydrogen (secondary N) is 1. The number of aromatic nitrogens is 2. The number of H-pyrrole nitrogens is 1. The summed E-state index contributed by atoms with van der Waals surface area (Å²) in [5, 5.41) is 6.36. The van der Waals surface area contributed by atoms with Gasteiger partial charge in [-0.1, -0.05) is 0 Å². The molecule has 1 N–H and O–H groups in total. The van der Waals surface area contributed by atoms with Gasteiger partial charge in [0.15, 0.2) is 5.03 Å². The summed E-state index contributed by atoms with van der Waals surface area (Å²) >= 11 is 5.71. The molecule has 1 fully saturated rings. The van der Waals surface area contributed by atoms with Gasteiger partial charge in [0, 0.05) is 25.8 Å². The van der Waals surface area contributed by atoms with E-state index in [1.165, 1.54) is 10.5 Å². The summed E-state index contributed by atoms with van der Waals surface area (Å²) in [7, 11) is -1.96. The Morgan fingerprint density at radius 1 is 1.67 bits per heavy atom. The van der Waals surface area contributed by atoms with Crippen molar-refractivity contribution in [1.82, 2.24) is 14.5 Å². The standard InChI is InChI=1S/C10H16ClN3O3S/c1-17-9-3-2-4-14(7-9)18(15,16)10-8(5-11)6-12-13-10/h6,9H,2-5,7H2,1H3,(H,12,13). The maximum atomic E-state index is 12.4. The number of piperidine rings is 1. The Labute approximate surface area is 111 Å². The average molecular weight is 294 g/mol. The van der Waals surface area contributed by atoms with Crippen LogP contribution < -0.4 is 0 Å². The van der Waals surface area contributed by atoms with Crippen LogP contribution in [0.5, 0.6) is 0 Å². The topological polar surface area (TPSA) is 75.3 Å². The van der Waals surface area contributed by atoms with Crippen molar-refractivity contribution in [3.05, 3.63) is 11.8 Å². The van der Waals surface area contributed by atoms with E-state index in [4.69, 9.17) is 16.3 Å². The van der Waals surface area contributed by atoms with Crippen molar-refractivity contribution in [2.45, 2.75) is 29.9 Å². The van der Waals surface area contributed by atoms with E-state index in [2.05, 4.69) is 10.2 Å². The summed E-state index contributed by atoms with van der Waals surface area (Å²) in [4.78, 5) is 0. The van der Waals surface area contributed by atoms with Gasteiger partial charge in [-0.15, -0.1) is 11.6 Å². The Hall–Kier alpha value is -0.630. The number of aromatic amines is 1. The molecule has 0 saturated carbocycles. The Kier molecular flexibility index (Phi) is 4.26. The highest BCUT2D eigenvalue weighted by Gasteiger charge is 2.32. The van der Waals surface area contributed by atoms with Crippen molar-refractivity contribution in [3.63, 3.8) is 0 Å². The molecule has 0 aliphatic carbocycles. The highest BCUT2D eigenvalue weighted by Crippen LogP contribution is 2.23. The van der Waals surface area contributed by atoms with E-state index < -0.39 is 10.0 Å². The SMILES string of the molecule is COC1CCCN(S(=O)(=O)c2[nH]ncc2CCl)C1. The van der Waals surface area contributed by atoms with E-state index in [0.29, 0.717) is 18.7 Å². The molecule has 6 nitrogen and oxygen atoms in total. The first-order chi connectivity index (χ1) is 8.59. The molecule has 1 aliphatic rings. The molecule has 1 unspecified atom stereocenters. The molecule has 8 heteroatoms. The van der Waals surface area contributed by atoms with Gasteiger partial charge in [-0.25, -0.2) is 8.42 Å². The van der Waals surface area contributed by atoms with Gasteiger partial charge in [-0.05, 0) is 12.8 Å². The van der Waals surface area contributed by atoms with Crippen LogP contribution in [-0.4, -0.2) is 49.2 Å². The molecular formula is C10H16ClN3O3S. The van der Waals surface area contributed by atoms with E-state index in [1.54, 1.807) is 7.11 Å². The number of methoxy groups -OCH3 is 1. The largest absolute Gasteiger partial charge is 0.380 e. The van der Waals surface area contributed by atoms with Crippen LogP contribution in [0.2, 0.25) is 0 Å². The minimum atomic E-state index is -3.55. The van der Waals surface area contributed by atoms with Gasteiger partial charge in [-0.2, -0.15) is 9.40 Å². The summed E-state index contributed by atoms with van der Waals surface area (Å²) < 4.78 is 31.5. The van der Waals surface area contributed by atoms with Crippen molar-refractivity contribution < 1.29 is 13.2 Å². The molecule has 1 aromatic rings. The van der Waals surface area contributed by atoms with E-state index in [-0.39, 0.29) is 17.0 Å². The molecule has 2 rings (SSSR count). The van der Waals surface area contributed by atoms with Gasteiger partial charge in [0.25, 0.3) is 10.0 Å². The second kappa shape index (κ2) is 5.56. The molecule has 0 amide bonds. The zero-order chi connectivity index (χ0) is 13.2. The number of alkyl halides is 1. The minimum absolute atomic E-state index is 0.0455. The lowest BCUT2D eigenvalue weighted by molar-refractivity contribution is 0.0571. The van der Waals surface area contributed by atoms with Gasteiger partial charge in [0.2, 0.25) is 0 Å². The monoisotopic (exact) mass is 293 g/mol. The summed E-state index contributed by atoms with van der Waals surface area (Å²) in [6.45, 7) is 0.877. The molecule has 1 atom stereocenters. The summed E-state index contributed by atoms with van der Waals surface area (Å²) in [6, 6.07) is 0. The highest BCUT2D eigenvalue weighted by atomic mass is 35.5. The quantitative estimate of drug-likeness (QED) is 0.839. The number of halogens is 1. The van der Waals surface area contributed by atoms with E-state index >= 15 is 0 Å². The third-order valence-electron chi connectivity index (χ3n) is 3.09. The number of hydrogen-bond donors (Lipinski definition) is 1. The van der Waals surface area contributed by atoms with Crippen LogP contribution in [0.1, 0.15) is 18.4 Å². The van der Waals surface area contributed by atoms with Crippen molar-refractivity contribution >= 4 is 21.6 Å². The van der Waals surface area contributed by atoms with Crippen LogP contribution in [-0.2, 0) is 20.6 Å². The van der Waals surface area contributed by atoms with E-state index in [1.807, 2.05) is 0 Å². The van der Waals surface area contributed by atoms with E-state index in [9.17, 15) is 8.42 Å². The summed E-state index contributed by atoms with van der Waals surface area (Å²) in [5.41, 5.74) is 0.496. The number of ether oxygens (including phenoxy) is 1. The summed E-state index contributed by atoms with van der Waals surface area (Å²) in [5.74, 6) is 0.118. The lowest BCUT2D eigenvalue weighted by Gasteiger charge is -2.30. The zero-order valence-corrected chi connectivity index (χ0v) is 11.7. The maximum absolute atomic E-state index is 12.4. The Morgan fingerprint density at radius 2 is 2.44 bits per heavy atom. The fraction of sp³-hybridized carbons (Fsp3) is 0.700. The number of rotatable bonds is 4. The third kappa shape index (κ3) is 2.54. The second-order valence-corrected chi connectivity index (χ2v) is 6.36. The molecule has 0 bridgehead atoms. The predicted octanol–water partition coefficient (Wildman–Crippen LogP) is 0.948. The van der Waals surface area contributed by atoms with Crippen LogP contribution in [0.25, 0.3) is 0 Å². The van der Waals surface area contributed by atoms with Crippen LogP contribution >= 0.6 is 11.6 Å². The first-order valence-electron chi connectivity index (χ1n) is 5.70. The van der Waals surface area contributed by atoms with Crippen LogP contribution in [0, 0.1) is 0 Å². The fourth-order valence-electron chi connectivity index (χ4n) is 2.06. The lowest BCUT2D eigenvalue weighted by atomic mass is 10.1. The van der Waals surface area contributed by atoms with Gasteiger partial charge in [0.05, 0.1) is 18.2 Å². The molecule has 0 aromatic carbocycles. The number of hydrogen-bond acceptors (Lipinski definition) is 4. The zero-order valence-electron chi connectivity index (χ0n) is 10.1. The van der Waals surface area contributed by atoms with Gasteiger partial charge < -0.3 is 4.74 Å². The first kappa shape index (κ1) is 13.8. The van der Waals surface area contributed by atoms with Gasteiger partial charge in [-0.3, -0.25) is 5.10 Å². The van der Waals surface area contributed by atoms with Crippen molar-refractivity contribution in [2.75, 3.05) is 20.2 Å². The third-order valence-corrected chi connectivity index (χ3v) is 5.26. The molecule has 18 heavy (non-hydrogen) atoms. The van der Waals surface area contributed by atoms with Gasteiger partial charge in [0.1, 0.15) is 0 Å². The fourth-order valence-corrected chi connectivity index (χ4v) is 3.96. The predicted molar refractivity (Wildman–Crippen MR) is 66.9 cm³/mol. The van der Waals surface area contributed by atoms with Crippen molar-refractivity contribution in [3.8, 4) is 0 Å². The second-order valence-electron chi connectivity index (χ2n) is 4.22. The summed E-state index contributed by atoms with van der Waals surface area (Å²) in [6.07, 6.45) is 3.07. The normalized spacial score (nSPS) is 22.2. The Bertz CT molecular complexity index is 502. The molecule has 1 aliphatic heterocycles. The van der Waals surface area contributed by atoms with Crippen LogP contribution in [0.3, 0.4) is 0 Å². The average Bonchev–Trinajstić information content (AvgIpc) is 2.88. The maximum Gasteiger partial charge on any atom is 0.260 e.